The first-order valence-electron chi connectivity index (χ1n) is 8.71. The number of hydrogen-bond acceptors (Lipinski definition) is 3. The summed E-state index contributed by atoms with van der Waals surface area (Å²) in [5, 5.41) is -0.0995. The molecule has 0 unspecified atom stereocenters. The molecule has 1 saturated heterocycles. The monoisotopic (exact) mass is 444 g/mol. The smallest absolute Gasteiger partial charge is 0.255 e. The van der Waals surface area contributed by atoms with Gasteiger partial charge in [0.1, 0.15) is 5.82 Å². The second-order valence-electron chi connectivity index (χ2n) is 6.61. The molecule has 3 rings (SSSR count). The Hall–Kier alpha value is -1.67. The number of sulfonamides is 1. The Morgan fingerprint density at radius 2 is 1.68 bits per heavy atom. The van der Waals surface area contributed by atoms with Crippen molar-refractivity contribution in [3.8, 4) is 0 Å². The van der Waals surface area contributed by atoms with Gasteiger partial charge in [-0.3, -0.25) is 4.79 Å². The van der Waals surface area contributed by atoms with Crippen LogP contribution in [0.25, 0.3) is 0 Å². The van der Waals surface area contributed by atoms with Gasteiger partial charge < -0.3 is 4.90 Å². The Bertz CT molecular complexity index is 997. The molecule has 9 heteroatoms. The number of benzene rings is 2. The first-order valence-corrected chi connectivity index (χ1v) is 10.9. The number of hydrogen-bond donors (Lipinski definition) is 0. The molecule has 2 aromatic rings. The van der Waals surface area contributed by atoms with E-state index in [1.807, 2.05) is 6.92 Å². The van der Waals surface area contributed by atoms with Crippen molar-refractivity contribution < 1.29 is 17.6 Å². The van der Waals surface area contributed by atoms with Crippen LogP contribution >= 0.6 is 23.2 Å². The number of halogens is 3. The lowest BCUT2D eigenvalue weighted by Gasteiger charge is -2.22. The van der Waals surface area contributed by atoms with E-state index in [1.165, 1.54) is 15.3 Å². The van der Waals surface area contributed by atoms with Crippen molar-refractivity contribution in [2.45, 2.75) is 18.2 Å². The largest absolute Gasteiger partial charge is 0.337 e. The molecule has 0 atom stereocenters. The minimum atomic E-state index is -3.64. The van der Waals surface area contributed by atoms with Gasteiger partial charge in [0.25, 0.3) is 5.91 Å². The van der Waals surface area contributed by atoms with Gasteiger partial charge in [-0.2, -0.15) is 4.31 Å². The fourth-order valence-corrected chi connectivity index (χ4v) is 4.99. The molecule has 1 aliphatic rings. The predicted octanol–water partition coefficient (Wildman–Crippen LogP) is 3.98. The highest BCUT2D eigenvalue weighted by Gasteiger charge is 2.29. The average molecular weight is 445 g/mol. The summed E-state index contributed by atoms with van der Waals surface area (Å²) in [6, 6.07) is 8.86. The third kappa shape index (κ3) is 4.33. The van der Waals surface area contributed by atoms with E-state index in [1.54, 1.807) is 24.3 Å². The second kappa shape index (κ2) is 8.37. The molecular weight excluding hydrogens is 426 g/mol. The van der Waals surface area contributed by atoms with Gasteiger partial charge in [0.15, 0.2) is 0 Å². The topological polar surface area (TPSA) is 57.7 Å². The van der Waals surface area contributed by atoms with E-state index in [0.717, 1.165) is 11.6 Å². The molecule has 28 heavy (non-hydrogen) atoms. The van der Waals surface area contributed by atoms with Crippen LogP contribution in [0.2, 0.25) is 10.0 Å². The third-order valence-electron chi connectivity index (χ3n) is 4.64. The molecule has 5 nitrogen and oxygen atoms in total. The zero-order chi connectivity index (χ0) is 20.5. The number of amides is 1. The van der Waals surface area contributed by atoms with Crippen LogP contribution in [0.1, 0.15) is 22.3 Å². The number of nitrogens with zero attached hydrogens (tertiary/aromatic N) is 2. The minimum absolute atomic E-state index is 0.0124. The fraction of sp³-hybridized carbons (Fsp3) is 0.316. The number of aryl methyl sites for hydroxylation is 1. The Morgan fingerprint density at radius 1 is 1.00 bits per heavy atom. The maximum absolute atomic E-state index is 13.8. The third-order valence-corrected chi connectivity index (χ3v) is 7.16. The van der Waals surface area contributed by atoms with E-state index in [9.17, 15) is 17.6 Å². The summed E-state index contributed by atoms with van der Waals surface area (Å²) < 4.78 is 40.9. The molecule has 1 amide bonds. The minimum Gasteiger partial charge on any atom is -0.337 e. The van der Waals surface area contributed by atoms with Crippen LogP contribution in [-0.4, -0.2) is 49.7 Å². The van der Waals surface area contributed by atoms with Crippen molar-refractivity contribution in [2.75, 3.05) is 26.2 Å². The van der Waals surface area contributed by atoms with Gasteiger partial charge in [-0.15, -0.1) is 0 Å². The van der Waals surface area contributed by atoms with Crippen molar-refractivity contribution in [1.29, 1.82) is 0 Å². The van der Waals surface area contributed by atoms with E-state index in [2.05, 4.69) is 0 Å². The maximum Gasteiger partial charge on any atom is 0.255 e. The summed E-state index contributed by atoms with van der Waals surface area (Å²) in [6.07, 6.45) is 0.463. The van der Waals surface area contributed by atoms with Gasteiger partial charge in [-0.25, -0.2) is 12.8 Å². The molecule has 150 valence electrons. The van der Waals surface area contributed by atoms with Crippen LogP contribution in [0.15, 0.2) is 41.3 Å². The summed E-state index contributed by atoms with van der Waals surface area (Å²) in [5.74, 6) is -1.18. The Kier molecular flexibility index (Phi) is 6.29. The highest BCUT2D eigenvalue weighted by atomic mass is 35.5. The molecule has 0 N–H and O–H groups in total. The van der Waals surface area contributed by atoms with Crippen LogP contribution in [0.4, 0.5) is 4.39 Å². The van der Waals surface area contributed by atoms with Gasteiger partial charge in [-0.05, 0) is 37.6 Å². The van der Waals surface area contributed by atoms with Gasteiger partial charge in [0, 0.05) is 26.2 Å². The summed E-state index contributed by atoms with van der Waals surface area (Å²) in [6.45, 7) is 2.86. The maximum atomic E-state index is 13.8. The Balaban J connectivity index is 1.77. The summed E-state index contributed by atoms with van der Waals surface area (Å²) in [4.78, 5) is 14.5. The van der Waals surface area contributed by atoms with Crippen LogP contribution in [-0.2, 0) is 10.0 Å². The zero-order valence-electron chi connectivity index (χ0n) is 15.2. The van der Waals surface area contributed by atoms with Crippen molar-refractivity contribution in [2.24, 2.45) is 0 Å². The van der Waals surface area contributed by atoms with E-state index >= 15 is 0 Å². The summed E-state index contributed by atoms with van der Waals surface area (Å²) in [5.41, 5.74) is 0.983. The van der Waals surface area contributed by atoms with Gasteiger partial charge in [0.05, 0.1) is 20.5 Å². The Morgan fingerprint density at radius 3 is 2.36 bits per heavy atom. The first kappa shape index (κ1) is 21.0. The van der Waals surface area contributed by atoms with E-state index in [4.69, 9.17) is 23.2 Å². The zero-order valence-corrected chi connectivity index (χ0v) is 17.5. The normalized spacial score (nSPS) is 16.1. The lowest BCUT2D eigenvalue weighted by molar-refractivity contribution is 0.0764. The van der Waals surface area contributed by atoms with Gasteiger partial charge in [0.2, 0.25) is 10.0 Å². The van der Waals surface area contributed by atoms with Crippen molar-refractivity contribution >= 4 is 39.1 Å². The van der Waals surface area contributed by atoms with E-state index in [0.29, 0.717) is 19.5 Å². The average Bonchev–Trinajstić information content (AvgIpc) is 2.91. The second-order valence-corrected chi connectivity index (χ2v) is 9.36. The summed E-state index contributed by atoms with van der Waals surface area (Å²) >= 11 is 11.7. The number of rotatable bonds is 3. The lowest BCUT2D eigenvalue weighted by atomic mass is 10.2. The fourth-order valence-electron chi connectivity index (χ4n) is 3.05. The van der Waals surface area contributed by atoms with Gasteiger partial charge in [-0.1, -0.05) is 40.9 Å². The standard InChI is InChI=1S/C19H19Cl2FN2O3S/c1-13-3-5-14(6-4-13)28(26,27)24-8-2-7-23(9-10-24)19(25)15-11-18(22)17(21)12-16(15)20/h3-6,11-12H,2,7-10H2,1H3. The SMILES string of the molecule is Cc1ccc(S(=O)(=O)N2CCCN(C(=O)c3cc(F)c(Cl)cc3Cl)CC2)cc1. The van der Waals surface area contributed by atoms with Crippen LogP contribution in [0.5, 0.6) is 0 Å². The summed E-state index contributed by atoms with van der Waals surface area (Å²) in [7, 11) is -3.64. The molecule has 0 spiro atoms. The molecule has 1 aliphatic heterocycles. The van der Waals surface area contributed by atoms with Crippen molar-refractivity contribution in [1.82, 2.24) is 9.21 Å². The number of carbonyl (C=O) groups excluding carboxylic acids is 1. The molecule has 1 fully saturated rings. The van der Waals surface area contributed by atoms with E-state index < -0.39 is 21.7 Å². The molecule has 2 aromatic carbocycles. The van der Waals surface area contributed by atoms with Crippen LogP contribution in [0.3, 0.4) is 0 Å². The van der Waals surface area contributed by atoms with E-state index in [-0.39, 0.29) is 33.6 Å². The molecule has 0 radical (unpaired) electrons. The quantitative estimate of drug-likeness (QED) is 0.672. The van der Waals surface area contributed by atoms with Gasteiger partial charge >= 0.3 is 0 Å². The first-order chi connectivity index (χ1) is 13.2. The highest BCUT2D eigenvalue weighted by molar-refractivity contribution is 7.89. The van der Waals surface area contributed by atoms with Crippen molar-refractivity contribution in [3.05, 3.63) is 63.4 Å². The van der Waals surface area contributed by atoms with Crippen molar-refractivity contribution in [3.63, 3.8) is 0 Å². The lowest BCUT2D eigenvalue weighted by Crippen LogP contribution is -2.37. The molecule has 0 saturated carbocycles. The molecule has 0 aromatic heterocycles. The van der Waals surface area contributed by atoms with Crippen LogP contribution < -0.4 is 0 Å². The Labute approximate surface area is 173 Å². The highest BCUT2D eigenvalue weighted by Crippen LogP contribution is 2.26. The molecule has 1 heterocycles. The molecular formula is C19H19Cl2FN2O3S. The molecule has 0 aliphatic carbocycles. The van der Waals surface area contributed by atoms with Crippen LogP contribution in [0, 0.1) is 12.7 Å². The number of carbonyl (C=O) groups is 1. The molecule has 0 bridgehead atoms. The predicted molar refractivity (Wildman–Crippen MR) is 107 cm³/mol.